The van der Waals surface area contributed by atoms with E-state index in [9.17, 15) is 34.8 Å². The molecule has 2 N–H and O–H groups in total. The number of sulfonamides is 2. The smallest absolute Gasteiger partial charge is 0.450 e. The third kappa shape index (κ3) is 11.0. The lowest BCUT2D eigenvalue weighted by Crippen LogP contribution is -2.71. The fraction of sp³-hybridized carbons (Fsp3) is 0.312. The van der Waals surface area contributed by atoms with Crippen LogP contribution in [0.1, 0.15) is 55.9 Å². The van der Waals surface area contributed by atoms with Gasteiger partial charge in [-0.3, -0.25) is 9.59 Å². The summed E-state index contributed by atoms with van der Waals surface area (Å²) in [5.74, 6) is -10.0. The van der Waals surface area contributed by atoms with Crippen LogP contribution in [0.3, 0.4) is 0 Å². The first kappa shape index (κ1) is 54.6. The van der Waals surface area contributed by atoms with Crippen molar-refractivity contribution in [3.05, 3.63) is 129 Å². The maximum atomic E-state index is 15.5. The molecule has 0 amide bonds. The first-order valence-corrected chi connectivity index (χ1v) is 26.8. The van der Waals surface area contributed by atoms with Gasteiger partial charge in [0.1, 0.15) is 27.1 Å². The summed E-state index contributed by atoms with van der Waals surface area (Å²) in [6.45, 7) is 12.4. The number of ketones is 1. The average molecular weight is 1070 g/mol. The average Bonchev–Trinajstić information content (AvgIpc) is 3.26. The summed E-state index contributed by atoms with van der Waals surface area (Å²) in [6.07, 6.45) is -1.06. The fourth-order valence-corrected chi connectivity index (χ4v) is 11.9. The van der Waals surface area contributed by atoms with Crippen LogP contribution in [0.2, 0.25) is 0 Å². The zero-order valence-electron chi connectivity index (χ0n) is 39.0. The Morgan fingerprint density at radius 1 is 0.704 bits per heavy atom. The Labute approximate surface area is 410 Å². The van der Waals surface area contributed by atoms with Crippen molar-refractivity contribution in [2.45, 2.75) is 82.6 Å². The number of benzene rings is 5. The summed E-state index contributed by atoms with van der Waals surface area (Å²) < 4.78 is 183. The maximum Gasteiger partial charge on any atom is 0.450 e. The van der Waals surface area contributed by atoms with E-state index in [4.69, 9.17) is 4.42 Å². The number of alkyl halides is 6. The largest absolute Gasteiger partial charge is 0.456 e. The molecule has 4 aromatic carbocycles. The van der Waals surface area contributed by atoms with E-state index in [1.165, 1.54) is 18.2 Å². The first-order chi connectivity index (χ1) is 32.8. The zero-order chi connectivity index (χ0) is 52.7. The number of halogens is 6. The van der Waals surface area contributed by atoms with Crippen LogP contribution in [0.4, 0.5) is 43.4 Å². The Hall–Kier alpha value is -5.75. The van der Waals surface area contributed by atoms with E-state index in [2.05, 4.69) is 18.6 Å². The standard InChI is InChI=1S/C48H46F6N3O10S4/c1-28-12-10-13-29(2)43(28)55-32-18-20-34-37(26-32)66-38-27-33(56-44-30(3)14-11-15-31(44)4)19-21-35(38)42(34)36-16-8-9-17-39(36)69(60,61)57-70(62,63)47(51,52)46(49,50)48(53,54)71(64,65)67-41(59)23-25-68-24-22-40(58)45(5,6)7/h8-21,26-27H,22-25H2,1-7H3,(H,55,56)/q-1/p+1. The highest BCUT2D eigenvalue weighted by atomic mass is 32.3. The number of fused-ring (bicyclic) bond motifs is 2. The van der Waals surface area contributed by atoms with Gasteiger partial charge in [-0.25, -0.2) is 21.8 Å². The van der Waals surface area contributed by atoms with Crippen LogP contribution >= 0.6 is 11.8 Å². The quantitative estimate of drug-likeness (QED) is 0.0358. The molecule has 1 aliphatic carbocycles. The fourth-order valence-electron chi connectivity index (χ4n) is 7.26. The van der Waals surface area contributed by atoms with Gasteiger partial charge in [0.15, 0.2) is 10.0 Å². The third-order valence-electron chi connectivity index (χ3n) is 11.2. The van der Waals surface area contributed by atoms with Gasteiger partial charge in [-0.15, -0.1) is 0 Å². The number of Topliss-reactive ketones (excluding diaryl/α,β-unsaturated/α-hetero) is 1. The minimum Gasteiger partial charge on any atom is -0.456 e. The molecule has 23 heteroatoms. The number of thioether (sulfide) groups is 1. The molecule has 380 valence electrons. The second-order valence-corrected chi connectivity index (χ2v) is 23.8. The monoisotopic (exact) mass is 1070 g/mol. The van der Waals surface area contributed by atoms with E-state index in [1.807, 2.05) is 64.1 Å². The Morgan fingerprint density at radius 3 is 1.92 bits per heavy atom. The lowest BCUT2D eigenvalue weighted by molar-refractivity contribution is -0.403. The van der Waals surface area contributed by atoms with Gasteiger partial charge in [0, 0.05) is 80.1 Å². The number of rotatable bonds is 18. The molecule has 0 radical (unpaired) electrons. The molecular weight excluding hydrogens is 1020 g/mol. The second kappa shape index (κ2) is 20.0. The van der Waals surface area contributed by atoms with Gasteiger partial charge in [-0.1, -0.05) is 75.4 Å². The number of carbonyl (C=O) groups is 2. The van der Waals surface area contributed by atoms with Crippen molar-refractivity contribution >= 4 is 81.7 Å². The first-order valence-electron chi connectivity index (χ1n) is 21.4. The molecule has 0 unspecified atom stereocenters. The highest BCUT2D eigenvalue weighted by Gasteiger charge is 2.81. The van der Waals surface area contributed by atoms with Crippen LogP contribution in [-0.4, -0.2) is 64.9 Å². The summed E-state index contributed by atoms with van der Waals surface area (Å²) in [4.78, 5) is 26.4. The predicted octanol–water partition coefficient (Wildman–Crippen LogP) is 9.71. The summed E-state index contributed by atoms with van der Waals surface area (Å²) in [7, 11) is -21.3. The van der Waals surface area contributed by atoms with Crippen molar-refractivity contribution in [2.24, 2.45) is 5.41 Å². The molecule has 0 fully saturated rings. The zero-order valence-corrected chi connectivity index (χ0v) is 42.3. The van der Waals surface area contributed by atoms with E-state index in [0.717, 1.165) is 57.5 Å². The molecular formula is C48H47F6N3O10S4. The van der Waals surface area contributed by atoms with E-state index >= 15 is 26.3 Å². The predicted molar refractivity (Wildman–Crippen MR) is 257 cm³/mol. The Kier molecular flexibility index (Phi) is 15.4. The highest BCUT2D eigenvalue weighted by Crippen LogP contribution is 2.53. The van der Waals surface area contributed by atoms with Crippen LogP contribution in [0.5, 0.6) is 0 Å². The number of aryl methyl sites for hydroxylation is 4. The van der Waals surface area contributed by atoms with Gasteiger partial charge in [0.2, 0.25) is 11.0 Å². The molecule has 0 saturated carbocycles. The Morgan fingerprint density at radius 2 is 1.30 bits per heavy atom. The number of anilines is 2. The number of carbonyl (C=O) groups excluding carboxylic acids is 2. The van der Waals surface area contributed by atoms with Crippen LogP contribution in [0.25, 0.3) is 37.5 Å². The van der Waals surface area contributed by atoms with Crippen molar-refractivity contribution in [2.75, 3.05) is 16.8 Å². The van der Waals surface area contributed by atoms with Gasteiger partial charge in [-0.05, 0) is 63.1 Å². The van der Waals surface area contributed by atoms with Crippen molar-refractivity contribution in [3.8, 4) is 22.5 Å². The molecule has 0 spiro atoms. The molecule has 0 bridgehead atoms. The lowest BCUT2D eigenvalue weighted by Gasteiger charge is -2.35. The van der Waals surface area contributed by atoms with E-state index in [-0.39, 0.29) is 45.8 Å². The number of nitrogens with zero attached hydrogens (tertiary/aromatic N) is 1. The molecule has 13 nitrogen and oxygen atoms in total. The molecule has 0 atom stereocenters. The molecule has 6 rings (SSSR count). The van der Waals surface area contributed by atoms with E-state index in [1.54, 1.807) is 45.0 Å². The molecule has 2 aliphatic rings. The SMILES string of the molecule is Cc1cccc(C)c1Nc1ccc2c(-c3ccccc3S(=O)(=O)[N-]S(=O)(=O)C(F)(F)C(F)(F)C(F)(F)S(=O)(=O)OC(=O)CCSCCC(=O)C(C)(C)C)c3ccc(=[NH+]c4c(C)cccc4C)cc-3oc2c1. The van der Waals surface area contributed by atoms with Crippen molar-refractivity contribution in [3.63, 3.8) is 0 Å². The van der Waals surface area contributed by atoms with Gasteiger partial charge in [-0.2, -0.15) is 46.5 Å². The summed E-state index contributed by atoms with van der Waals surface area (Å²) >= 11 is 0.849. The summed E-state index contributed by atoms with van der Waals surface area (Å²) in [6, 6.07) is 24.8. The molecule has 0 saturated heterocycles. The topological polar surface area (TPSA) is 199 Å². The van der Waals surface area contributed by atoms with Crippen LogP contribution < -0.4 is 15.7 Å². The maximum absolute atomic E-state index is 15.5. The van der Waals surface area contributed by atoms with Gasteiger partial charge < -0.3 is 18.0 Å². The Bertz CT molecular complexity index is 3410. The van der Waals surface area contributed by atoms with Gasteiger partial charge in [0.25, 0.3) is 0 Å². The molecule has 0 aromatic heterocycles. The number of nitrogens with one attached hydrogen (secondary N) is 2. The van der Waals surface area contributed by atoms with Gasteiger partial charge in [0.05, 0.1) is 17.4 Å². The van der Waals surface area contributed by atoms with Crippen LogP contribution in [-0.2, 0) is 43.9 Å². The minimum atomic E-state index is -7.70. The summed E-state index contributed by atoms with van der Waals surface area (Å²) in [5, 5.41) is -10.5. The van der Waals surface area contributed by atoms with E-state index < -0.39 is 80.6 Å². The van der Waals surface area contributed by atoms with Crippen molar-refractivity contribution < 1.29 is 74.8 Å². The number of hydrogen-bond donors (Lipinski definition) is 2. The van der Waals surface area contributed by atoms with Crippen molar-refractivity contribution in [1.29, 1.82) is 0 Å². The lowest BCUT2D eigenvalue weighted by atomic mass is 9.89. The van der Waals surface area contributed by atoms with Crippen LogP contribution in [0.15, 0.2) is 106 Å². The van der Waals surface area contributed by atoms with Gasteiger partial charge >= 0.3 is 32.5 Å². The number of para-hydroxylation sites is 2. The molecule has 71 heavy (non-hydrogen) atoms. The minimum absolute atomic E-state index is 0.0143. The molecule has 4 aromatic rings. The molecule has 1 aliphatic heterocycles. The summed E-state index contributed by atoms with van der Waals surface area (Å²) in [5.41, 5.74) is 4.68. The molecule has 1 heterocycles. The van der Waals surface area contributed by atoms with E-state index in [0.29, 0.717) is 17.1 Å². The third-order valence-corrected chi connectivity index (χ3v) is 16.8. The normalized spacial score (nSPS) is 13.5. The Balaban J connectivity index is 1.38. The second-order valence-electron chi connectivity index (χ2n) is 17.5. The van der Waals surface area contributed by atoms with Crippen molar-refractivity contribution in [1.82, 2.24) is 0 Å². The van der Waals surface area contributed by atoms with Crippen LogP contribution in [0, 0.1) is 33.1 Å². The number of hydrogen-bond acceptors (Lipinski definition) is 12. The highest BCUT2D eigenvalue weighted by molar-refractivity contribution is 8.12.